The van der Waals surface area contributed by atoms with Crippen molar-refractivity contribution in [3.8, 4) is 11.3 Å². The molecule has 9 heteroatoms. The minimum atomic E-state index is -0.777. The van der Waals surface area contributed by atoms with E-state index < -0.39 is 12.1 Å². The fourth-order valence-corrected chi connectivity index (χ4v) is 6.18. The number of amides is 2. The number of nitrogens with zero attached hydrogens (tertiary/aromatic N) is 3. The van der Waals surface area contributed by atoms with Gasteiger partial charge >= 0.3 is 0 Å². The minimum Gasteiger partial charge on any atom is -0.446 e. The molecule has 4 heterocycles. The largest absolute Gasteiger partial charge is 0.446 e. The Hall–Kier alpha value is -4.34. The molecule has 43 heavy (non-hydrogen) atoms. The number of likely N-dealkylation sites (tertiary alicyclic amines) is 1. The maximum atomic E-state index is 14.0. The third-order valence-corrected chi connectivity index (χ3v) is 8.38. The summed E-state index contributed by atoms with van der Waals surface area (Å²) in [4.78, 5) is 38.7. The van der Waals surface area contributed by atoms with Crippen LogP contribution in [0, 0.1) is 6.92 Å². The first-order chi connectivity index (χ1) is 21.0. The van der Waals surface area contributed by atoms with Gasteiger partial charge in [-0.3, -0.25) is 14.6 Å². The molecule has 4 aromatic rings. The molecule has 0 aliphatic carbocycles. The molecule has 2 saturated heterocycles. The summed E-state index contributed by atoms with van der Waals surface area (Å²) in [5.74, 6) is -0.0206. The molecule has 2 aliphatic heterocycles. The number of aliphatic hydroxyl groups excluding tert-OH is 1. The number of aliphatic hydroxyl groups is 1. The summed E-state index contributed by atoms with van der Waals surface area (Å²) in [6, 6.07) is 19.7. The first kappa shape index (κ1) is 28.8. The van der Waals surface area contributed by atoms with E-state index in [4.69, 9.17) is 4.42 Å². The number of hydrogen-bond acceptors (Lipinski definition) is 7. The Labute approximate surface area is 251 Å². The molecule has 0 unspecified atom stereocenters. The van der Waals surface area contributed by atoms with Gasteiger partial charge in [-0.1, -0.05) is 36.4 Å². The van der Waals surface area contributed by atoms with Crippen LogP contribution in [-0.2, 0) is 6.42 Å². The first-order valence-corrected chi connectivity index (χ1v) is 15.0. The van der Waals surface area contributed by atoms with E-state index >= 15 is 0 Å². The van der Waals surface area contributed by atoms with Gasteiger partial charge < -0.3 is 25.1 Å². The van der Waals surface area contributed by atoms with Crippen molar-refractivity contribution in [3.05, 3.63) is 107 Å². The van der Waals surface area contributed by atoms with Gasteiger partial charge in [0, 0.05) is 35.5 Å². The van der Waals surface area contributed by atoms with Crippen LogP contribution in [-0.4, -0.2) is 63.1 Å². The number of hydrogen-bond donors (Lipinski definition) is 3. The molecule has 4 atom stereocenters. The van der Waals surface area contributed by atoms with Crippen molar-refractivity contribution in [2.24, 2.45) is 0 Å². The van der Waals surface area contributed by atoms with Gasteiger partial charge in [0.25, 0.3) is 11.8 Å². The summed E-state index contributed by atoms with van der Waals surface area (Å²) >= 11 is 0. The van der Waals surface area contributed by atoms with Crippen LogP contribution in [0.15, 0.2) is 83.6 Å². The smallest absolute Gasteiger partial charge is 0.254 e. The van der Waals surface area contributed by atoms with Crippen molar-refractivity contribution < 1.29 is 19.1 Å². The Bertz CT molecular complexity index is 1550. The van der Waals surface area contributed by atoms with E-state index in [9.17, 15) is 14.7 Å². The highest BCUT2D eigenvalue weighted by atomic mass is 16.3. The van der Waals surface area contributed by atoms with E-state index in [0.29, 0.717) is 41.2 Å². The molecule has 0 bridgehead atoms. The number of carbonyl (C=O) groups is 2. The normalized spacial score (nSPS) is 19.7. The highest BCUT2D eigenvalue weighted by Crippen LogP contribution is 2.33. The predicted molar refractivity (Wildman–Crippen MR) is 162 cm³/mol. The Balaban J connectivity index is 1.32. The van der Waals surface area contributed by atoms with Gasteiger partial charge in [-0.2, -0.15) is 0 Å². The third-order valence-electron chi connectivity index (χ3n) is 8.38. The third kappa shape index (κ3) is 6.53. The minimum absolute atomic E-state index is 0.100. The number of oxazole rings is 1. The van der Waals surface area contributed by atoms with Gasteiger partial charge in [-0.15, -0.1) is 0 Å². The highest BCUT2D eigenvalue weighted by Gasteiger charge is 2.35. The maximum absolute atomic E-state index is 14.0. The SMILES string of the molecule is Cc1coc([C@H]2CCCN2C(=O)c2cc(C(=O)N[C@@H](Cc3ccccc3)[C@H](O)[C@H]3CCCN3)cc(-c3ccccn3)c2)n1. The second-order valence-corrected chi connectivity index (χ2v) is 11.5. The van der Waals surface area contributed by atoms with Gasteiger partial charge in [0.05, 0.1) is 23.5 Å². The molecule has 0 spiro atoms. The Morgan fingerprint density at radius 2 is 1.88 bits per heavy atom. The summed E-state index contributed by atoms with van der Waals surface area (Å²) in [6.45, 7) is 3.27. The average Bonchev–Trinajstić information content (AvgIpc) is 3.83. The van der Waals surface area contributed by atoms with E-state index in [1.807, 2.05) is 55.5 Å². The lowest BCUT2D eigenvalue weighted by Gasteiger charge is -2.29. The van der Waals surface area contributed by atoms with Crippen molar-refractivity contribution in [1.29, 1.82) is 0 Å². The van der Waals surface area contributed by atoms with Crippen LogP contribution < -0.4 is 10.6 Å². The molecule has 9 nitrogen and oxygen atoms in total. The number of carbonyl (C=O) groups excluding carboxylic acids is 2. The molecule has 2 amide bonds. The average molecular weight is 580 g/mol. The van der Waals surface area contributed by atoms with Crippen molar-refractivity contribution in [1.82, 2.24) is 25.5 Å². The standard InChI is InChI=1S/C34H37N5O4/c1-22-21-43-33(37-22)30-13-8-16-39(30)34(42)26-19-24(27-11-5-6-14-35-27)18-25(20-26)32(41)38-29(17-23-9-3-2-4-10-23)31(40)28-12-7-15-36-28/h2-6,9-11,14,18-21,28-31,36,40H,7-8,12-13,15-17H2,1H3,(H,38,41)/t28-,29+,30-,31-/m1/s1. The second-order valence-electron chi connectivity index (χ2n) is 11.5. The van der Waals surface area contributed by atoms with Crippen LogP contribution in [0.2, 0.25) is 0 Å². The van der Waals surface area contributed by atoms with Gasteiger partial charge in [-0.25, -0.2) is 4.98 Å². The van der Waals surface area contributed by atoms with Gasteiger partial charge in [0.15, 0.2) is 0 Å². The van der Waals surface area contributed by atoms with E-state index in [2.05, 4.69) is 20.6 Å². The van der Waals surface area contributed by atoms with Crippen LogP contribution >= 0.6 is 0 Å². The monoisotopic (exact) mass is 579 g/mol. The molecule has 2 aromatic carbocycles. The van der Waals surface area contributed by atoms with Crippen molar-refractivity contribution in [2.45, 2.75) is 63.3 Å². The Morgan fingerprint density at radius 3 is 2.60 bits per heavy atom. The molecule has 0 radical (unpaired) electrons. The number of aryl methyl sites for hydroxylation is 1. The van der Waals surface area contributed by atoms with Crippen LogP contribution in [0.4, 0.5) is 0 Å². The fourth-order valence-electron chi connectivity index (χ4n) is 6.18. The number of rotatable bonds is 9. The molecule has 0 saturated carbocycles. The highest BCUT2D eigenvalue weighted by molar-refractivity contribution is 6.01. The predicted octanol–water partition coefficient (Wildman–Crippen LogP) is 4.48. The van der Waals surface area contributed by atoms with E-state index in [0.717, 1.165) is 43.5 Å². The van der Waals surface area contributed by atoms with Crippen LogP contribution in [0.1, 0.15) is 69.6 Å². The van der Waals surface area contributed by atoms with Gasteiger partial charge in [-0.05, 0) is 81.5 Å². The summed E-state index contributed by atoms with van der Waals surface area (Å²) in [5.41, 5.74) is 3.83. The second kappa shape index (κ2) is 12.9. The molecule has 2 aromatic heterocycles. The molecular weight excluding hydrogens is 542 g/mol. The summed E-state index contributed by atoms with van der Waals surface area (Å²) in [6.07, 6.45) is 6.40. The molecule has 2 aliphatic rings. The Morgan fingerprint density at radius 1 is 1.07 bits per heavy atom. The van der Waals surface area contributed by atoms with Gasteiger partial charge in [0.1, 0.15) is 12.3 Å². The zero-order chi connectivity index (χ0) is 29.8. The van der Waals surface area contributed by atoms with Crippen molar-refractivity contribution in [3.63, 3.8) is 0 Å². The van der Waals surface area contributed by atoms with Crippen molar-refractivity contribution in [2.75, 3.05) is 13.1 Å². The quantitative estimate of drug-likeness (QED) is 0.268. The van der Waals surface area contributed by atoms with Crippen LogP contribution in [0.25, 0.3) is 11.3 Å². The lowest BCUT2D eigenvalue weighted by Crippen LogP contribution is -2.52. The van der Waals surface area contributed by atoms with E-state index in [1.54, 1.807) is 35.6 Å². The lowest BCUT2D eigenvalue weighted by molar-refractivity contribution is 0.0715. The number of pyridine rings is 1. The lowest BCUT2D eigenvalue weighted by atomic mass is 9.94. The van der Waals surface area contributed by atoms with Crippen molar-refractivity contribution >= 4 is 11.8 Å². The topological polar surface area (TPSA) is 121 Å². The summed E-state index contributed by atoms with van der Waals surface area (Å²) in [7, 11) is 0. The van der Waals surface area contributed by atoms with Gasteiger partial charge in [0.2, 0.25) is 5.89 Å². The molecule has 6 rings (SSSR count). The van der Waals surface area contributed by atoms with E-state index in [-0.39, 0.29) is 23.9 Å². The molecule has 2 fully saturated rings. The summed E-state index contributed by atoms with van der Waals surface area (Å²) < 4.78 is 5.67. The maximum Gasteiger partial charge on any atom is 0.254 e. The number of benzene rings is 2. The summed E-state index contributed by atoms with van der Waals surface area (Å²) in [5, 5.41) is 17.8. The molecular formula is C34H37N5O4. The van der Waals surface area contributed by atoms with E-state index in [1.165, 1.54) is 0 Å². The zero-order valence-electron chi connectivity index (χ0n) is 24.3. The first-order valence-electron chi connectivity index (χ1n) is 15.0. The van der Waals surface area contributed by atoms with Crippen LogP contribution in [0.5, 0.6) is 0 Å². The molecule has 222 valence electrons. The zero-order valence-corrected chi connectivity index (χ0v) is 24.3. The number of aromatic nitrogens is 2. The molecule has 3 N–H and O–H groups in total. The fraction of sp³-hybridized carbons (Fsp3) is 0.353. The number of nitrogens with one attached hydrogen (secondary N) is 2. The van der Waals surface area contributed by atoms with Crippen LogP contribution in [0.3, 0.4) is 0 Å². The Kier molecular flexibility index (Phi) is 8.62.